The Balaban J connectivity index is 2.47. The number of hydrogen-bond donors (Lipinski definition) is 1. The second-order valence-corrected chi connectivity index (χ2v) is 5.60. The molecule has 1 N–H and O–H groups in total. The molecule has 0 heterocycles. The Morgan fingerprint density at radius 2 is 2.25 bits per heavy atom. The molecule has 0 aliphatic rings. The molecule has 0 saturated heterocycles. The maximum absolute atomic E-state index is 9.38. The van der Waals surface area contributed by atoms with Gasteiger partial charge in [0.2, 0.25) is 0 Å². The predicted octanol–water partition coefficient (Wildman–Crippen LogP) is 3.95. The van der Waals surface area contributed by atoms with Gasteiger partial charge < -0.3 is 5.11 Å². The van der Waals surface area contributed by atoms with Crippen LogP contribution in [0, 0.1) is 0 Å². The molecule has 1 aromatic rings. The highest BCUT2D eigenvalue weighted by molar-refractivity contribution is 7.99. The van der Waals surface area contributed by atoms with E-state index in [9.17, 15) is 5.11 Å². The third-order valence-electron chi connectivity index (χ3n) is 2.59. The van der Waals surface area contributed by atoms with Crippen molar-refractivity contribution in [2.45, 2.75) is 25.7 Å². The first kappa shape index (κ1) is 13.9. The summed E-state index contributed by atoms with van der Waals surface area (Å²) in [5.41, 5.74) is 1.15. The predicted molar refractivity (Wildman–Crippen MR) is 73.5 cm³/mol. The van der Waals surface area contributed by atoms with Crippen molar-refractivity contribution in [2.24, 2.45) is 0 Å². The fraction of sp³-hybridized carbons (Fsp3) is 0.538. The van der Waals surface area contributed by atoms with E-state index >= 15 is 0 Å². The van der Waals surface area contributed by atoms with Gasteiger partial charge in [-0.1, -0.05) is 30.7 Å². The van der Waals surface area contributed by atoms with E-state index in [4.69, 9.17) is 11.6 Å². The van der Waals surface area contributed by atoms with Crippen LogP contribution in [0.4, 0.5) is 0 Å². The maximum atomic E-state index is 9.38. The lowest BCUT2D eigenvalue weighted by Crippen LogP contribution is -2.04. The van der Waals surface area contributed by atoms with Gasteiger partial charge in [-0.2, -0.15) is 11.8 Å². The second kappa shape index (κ2) is 7.99. The zero-order valence-corrected chi connectivity index (χ0v) is 11.2. The molecular weight excluding hydrogens is 240 g/mol. The largest absolute Gasteiger partial charge is 0.396 e. The Morgan fingerprint density at radius 3 is 2.88 bits per heavy atom. The van der Waals surface area contributed by atoms with Crippen molar-refractivity contribution in [3.63, 3.8) is 0 Å². The number of benzene rings is 1. The van der Waals surface area contributed by atoms with Crippen molar-refractivity contribution in [1.82, 2.24) is 0 Å². The van der Waals surface area contributed by atoms with Gasteiger partial charge in [0.05, 0.1) is 0 Å². The van der Waals surface area contributed by atoms with E-state index in [1.54, 1.807) is 0 Å². The average Bonchev–Trinajstić information content (AvgIpc) is 2.29. The molecule has 0 aliphatic heterocycles. The van der Waals surface area contributed by atoms with Crippen LogP contribution in [0.1, 0.15) is 31.2 Å². The van der Waals surface area contributed by atoms with Gasteiger partial charge in [0.25, 0.3) is 0 Å². The van der Waals surface area contributed by atoms with Crippen molar-refractivity contribution >= 4 is 23.4 Å². The third-order valence-corrected chi connectivity index (χ3v) is 3.81. The van der Waals surface area contributed by atoms with E-state index in [1.165, 1.54) is 11.5 Å². The molecule has 16 heavy (non-hydrogen) atoms. The monoisotopic (exact) mass is 258 g/mol. The molecular formula is C13H19ClOS. The fourth-order valence-electron chi connectivity index (χ4n) is 1.70. The molecule has 3 heteroatoms. The Labute approximate surface area is 107 Å². The lowest BCUT2D eigenvalue weighted by atomic mass is 9.95. The average molecular weight is 259 g/mol. The van der Waals surface area contributed by atoms with Crippen LogP contribution in [0.2, 0.25) is 5.02 Å². The maximum Gasteiger partial charge on any atom is 0.0499 e. The molecule has 1 aromatic carbocycles. The highest BCUT2D eigenvalue weighted by Crippen LogP contribution is 2.24. The minimum atomic E-state index is 0.205. The zero-order chi connectivity index (χ0) is 11.8. The summed E-state index contributed by atoms with van der Waals surface area (Å²) in [6, 6.07) is 7.81. The number of aliphatic hydroxyl groups excluding tert-OH is 1. The highest BCUT2D eigenvalue weighted by Gasteiger charge is 2.10. The molecule has 1 nitrogen and oxygen atoms in total. The summed E-state index contributed by atoms with van der Waals surface area (Å²) >= 11 is 7.90. The lowest BCUT2D eigenvalue weighted by Gasteiger charge is -2.14. The number of thioether (sulfide) groups is 1. The standard InChI is InChI=1S/C13H19ClOS/c1-2-16-8-4-6-12(10-15)11-5-3-7-13(14)9-11/h3,5,7,9,12,15H,2,4,6,8,10H2,1H3. The van der Waals surface area contributed by atoms with E-state index < -0.39 is 0 Å². The van der Waals surface area contributed by atoms with Crippen LogP contribution < -0.4 is 0 Å². The molecule has 0 aromatic heterocycles. The van der Waals surface area contributed by atoms with Gasteiger partial charge in [-0.25, -0.2) is 0 Å². The van der Waals surface area contributed by atoms with E-state index in [0.29, 0.717) is 0 Å². The van der Waals surface area contributed by atoms with Crippen molar-refractivity contribution in [3.8, 4) is 0 Å². The van der Waals surface area contributed by atoms with Crippen LogP contribution in [-0.4, -0.2) is 23.2 Å². The molecule has 90 valence electrons. The summed E-state index contributed by atoms with van der Waals surface area (Å²) in [5, 5.41) is 10.1. The lowest BCUT2D eigenvalue weighted by molar-refractivity contribution is 0.259. The molecule has 0 spiro atoms. The van der Waals surface area contributed by atoms with E-state index in [0.717, 1.165) is 23.4 Å². The molecule has 1 unspecified atom stereocenters. The van der Waals surface area contributed by atoms with Crippen LogP contribution in [-0.2, 0) is 0 Å². The topological polar surface area (TPSA) is 20.2 Å². The van der Waals surface area contributed by atoms with Crippen LogP contribution >= 0.6 is 23.4 Å². The summed E-state index contributed by atoms with van der Waals surface area (Å²) in [6.07, 6.45) is 2.18. The molecule has 1 atom stereocenters. The highest BCUT2D eigenvalue weighted by atomic mass is 35.5. The van der Waals surface area contributed by atoms with Crippen LogP contribution in [0.5, 0.6) is 0 Å². The number of halogens is 1. The summed E-state index contributed by atoms with van der Waals surface area (Å²) in [7, 11) is 0. The van der Waals surface area contributed by atoms with Crippen molar-refractivity contribution in [1.29, 1.82) is 0 Å². The molecule has 0 bridgehead atoms. The number of aliphatic hydroxyl groups is 1. The Kier molecular flexibility index (Phi) is 6.93. The Morgan fingerprint density at radius 1 is 1.44 bits per heavy atom. The first-order valence-electron chi connectivity index (χ1n) is 5.72. The van der Waals surface area contributed by atoms with Crippen LogP contribution in [0.15, 0.2) is 24.3 Å². The van der Waals surface area contributed by atoms with Gasteiger partial charge in [-0.3, -0.25) is 0 Å². The van der Waals surface area contributed by atoms with E-state index in [1.807, 2.05) is 36.0 Å². The van der Waals surface area contributed by atoms with E-state index in [2.05, 4.69) is 6.92 Å². The van der Waals surface area contributed by atoms with Gasteiger partial charge in [-0.05, 0) is 42.0 Å². The third kappa shape index (κ3) is 4.77. The fourth-order valence-corrected chi connectivity index (χ4v) is 2.56. The van der Waals surface area contributed by atoms with Gasteiger partial charge in [0.1, 0.15) is 0 Å². The minimum Gasteiger partial charge on any atom is -0.396 e. The molecule has 0 saturated carbocycles. The number of hydrogen-bond acceptors (Lipinski definition) is 2. The quantitative estimate of drug-likeness (QED) is 0.748. The number of rotatable bonds is 7. The minimum absolute atomic E-state index is 0.205. The SMILES string of the molecule is CCSCCCC(CO)c1cccc(Cl)c1. The normalized spacial score (nSPS) is 12.7. The second-order valence-electron chi connectivity index (χ2n) is 3.77. The van der Waals surface area contributed by atoms with Gasteiger partial charge in [0, 0.05) is 17.5 Å². The first-order chi connectivity index (χ1) is 7.77. The Bertz CT molecular complexity index is 304. The summed E-state index contributed by atoms with van der Waals surface area (Å²) in [4.78, 5) is 0. The zero-order valence-electron chi connectivity index (χ0n) is 9.66. The molecule has 0 amide bonds. The van der Waals surface area contributed by atoms with Gasteiger partial charge >= 0.3 is 0 Å². The smallest absolute Gasteiger partial charge is 0.0499 e. The summed E-state index contributed by atoms with van der Waals surface area (Å²) in [5.74, 6) is 2.57. The summed E-state index contributed by atoms with van der Waals surface area (Å²) < 4.78 is 0. The van der Waals surface area contributed by atoms with Gasteiger partial charge in [0.15, 0.2) is 0 Å². The summed E-state index contributed by atoms with van der Waals surface area (Å²) in [6.45, 7) is 2.38. The van der Waals surface area contributed by atoms with Crippen LogP contribution in [0.25, 0.3) is 0 Å². The Hall–Kier alpha value is -0.180. The first-order valence-corrected chi connectivity index (χ1v) is 7.25. The van der Waals surface area contributed by atoms with Gasteiger partial charge in [-0.15, -0.1) is 0 Å². The van der Waals surface area contributed by atoms with Crippen molar-refractivity contribution in [2.75, 3.05) is 18.1 Å². The molecule has 0 radical (unpaired) electrons. The van der Waals surface area contributed by atoms with E-state index in [-0.39, 0.29) is 12.5 Å². The van der Waals surface area contributed by atoms with Crippen molar-refractivity contribution in [3.05, 3.63) is 34.9 Å². The van der Waals surface area contributed by atoms with Crippen LogP contribution in [0.3, 0.4) is 0 Å². The molecule has 0 fully saturated rings. The van der Waals surface area contributed by atoms with Crippen molar-refractivity contribution < 1.29 is 5.11 Å². The molecule has 0 aliphatic carbocycles. The molecule has 1 rings (SSSR count).